The second-order valence-corrected chi connectivity index (χ2v) is 4.31. The van der Waals surface area contributed by atoms with Crippen LogP contribution in [0.4, 0.5) is 0 Å². The van der Waals surface area contributed by atoms with Crippen LogP contribution in [0.15, 0.2) is 24.3 Å². The number of rotatable bonds is 3. The van der Waals surface area contributed by atoms with E-state index in [1.807, 2.05) is 0 Å². The molecule has 0 atom stereocenters. The highest BCUT2D eigenvalue weighted by atomic mass is 14.2. The molecule has 0 aromatic rings. The van der Waals surface area contributed by atoms with Crippen molar-refractivity contribution in [3.05, 3.63) is 30.2 Å². The Morgan fingerprint density at radius 1 is 1.25 bits per heavy atom. The SMILES string of the molecule is C=C(C=C[C](C)CC)C(C)(C)C. The molecule has 0 amide bonds. The molecule has 69 valence electrons. The van der Waals surface area contributed by atoms with Gasteiger partial charge in [-0.15, -0.1) is 0 Å². The van der Waals surface area contributed by atoms with Gasteiger partial charge in [0.05, 0.1) is 0 Å². The van der Waals surface area contributed by atoms with Gasteiger partial charge in [0.1, 0.15) is 0 Å². The summed E-state index contributed by atoms with van der Waals surface area (Å²) < 4.78 is 0. The van der Waals surface area contributed by atoms with Crippen molar-refractivity contribution < 1.29 is 0 Å². The summed E-state index contributed by atoms with van der Waals surface area (Å²) in [6.07, 6.45) is 5.40. The summed E-state index contributed by atoms with van der Waals surface area (Å²) in [5.74, 6) is 1.40. The Bertz CT molecular complexity index is 167. The molecule has 0 saturated carbocycles. The molecule has 0 aliphatic rings. The van der Waals surface area contributed by atoms with Crippen LogP contribution in [0.3, 0.4) is 0 Å². The molecule has 0 fully saturated rings. The first-order valence-electron chi connectivity index (χ1n) is 4.57. The Balaban J connectivity index is 4.10. The molecule has 0 unspecified atom stereocenters. The molecular formula is C12H21. The van der Waals surface area contributed by atoms with Crippen molar-refractivity contribution in [2.75, 3.05) is 0 Å². The summed E-state index contributed by atoms with van der Waals surface area (Å²) in [5, 5.41) is 0. The van der Waals surface area contributed by atoms with E-state index in [9.17, 15) is 0 Å². The number of allylic oxidation sites excluding steroid dienone is 3. The molecule has 0 nitrogen and oxygen atoms in total. The highest BCUT2D eigenvalue weighted by molar-refractivity contribution is 5.25. The van der Waals surface area contributed by atoms with Crippen LogP contribution in [0.2, 0.25) is 0 Å². The summed E-state index contributed by atoms with van der Waals surface area (Å²) in [5.41, 5.74) is 1.39. The maximum absolute atomic E-state index is 4.03. The van der Waals surface area contributed by atoms with Crippen molar-refractivity contribution in [2.24, 2.45) is 5.41 Å². The van der Waals surface area contributed by atoms with Crippen LogP contribution in [0.1, 0.15) is 41.0 Å². The van der Waals surface area contributed by atoms with Crippen molar-refractivity contribution in [1.29, 1.82) is 0 Å². The minimum absolute atomic E-state index is 0.199. The molecule has 0 heterocycles. The topological polar surface area (TPSA) is 0 Å². The molecule has 1 radical (unpaired) electrons. The molecule has 0 aliphatic heterocycles. The van der Waals surface area contributed by atoms with Crippen molar-refractivity contribution in [2.45, 2.75) is 41.0 Å². The fourth-order valence-corrected chi connectivity index (χ4v) is 0.611. The van der Waals surface area contributed by atoms with Gasteiger partial charge >= 0.3 is 0 Å². The minimum Gasteiger partial charge on any atom is -0.0953 e. The Hall–Kier alpha value is -0.520. The van der Waals surface area contributed by atoms with Crippen LogP contribution in [0.5, 0.6) is 0 Å². The minimum atomic E-state index is 0.199. The van der Waals surface area contributed by atoms with E-state index in [2.05, 4.69) is 53.3 Å². The largest absolute Gasteiger partial charge is 0.0953 e. The lowest BCUT2D eigenvalue weighted by molar-refractivity contribution is 0.519. The van der Waals surface area contributed by atoms with E-state index in [1.165, 1.54) is 11.5 Å². The maximum atomic E-state index is 4.03. The molecule has 0 rings (SSSR count). The molecule has 0 aliphatic carbocycles. The zero-order valence-electron chi connectivity index (χ0n) is 9.07. The molecule has 12 heavy (non-hydrogen) atoms. The standard InChI is InChI=1S/C12H21/c1-7-10(2)8-9-11(3)12(4,5)6/h8-9H,3,7H2,1-2,4-6H3. The number of hydrogen-bond donors (Lipinski definition) is 0. The van der Waals surface area contributed by atoms with Crippen LogP contribution in [0.25, 0.3) is 0 Å². The molecule has 0 bridgehead atoms. The Kier molecular flexibility index (Phi) is 4.30. The third kappa shape index (κ3) is 4.38. The fourth-order valence-electron chi connectivity index (χ4n) is 0.611. The van der Waals surface area contributed by atoms with E-state index in [0.29, 0.717) is 0 Å². The third-order valence-corrected chi connectivity index (χ3v) is 2.09. The number of hydrogen-bond acceptors (Lipinski definition) is 0. The van der Waals surface area contributed by atoms with Crippen molar-refractivity contribution in [3.8, 4) is 0 Å². The lowest BCUT2D eigenvalue weighted by Crippen LogP contribution is -2.06. The highest BCUT2D eigenvalue weighted by Crippen LogP contribution is 2.25. The van der Waals surface area contributed by atoms with Gasteiger partial charge in [0.15, 0.2) is 0 Å². The van der Waals surface area contributed by atoms with Crippen LogP contribution >= 0.6 is 0 Å². The molecule has 0 spiro atoms. The highest BCUT2D eigenvalue weighted by Gasteiger charge is 2.11. The molecule has 0 N–H and O–H groups in total. The van der Waals surface area contributed by atoms with Gasteiger partial charge in [-0.1, -0.05) is 58.9 Å². The van der Waals surface area contributed by atoms with Crippen LogP contribution in [-0.2, 0) is 0 Å². The molecular weight excluding hydrogens is 144 g/mol. The van der Waals surface area contributed by atoms with Gasteiger partial charge in [-0.3, -0.25) is 0 Å². The molecule has 0 aromatic carbocycles. The van der Waals surface area contributed by atoms with Crippen molar-refractivity contribution in [3.63, 3.8) is 0 Å². The van der Waals surface area contributed by atoms with E-state index in [0.717, 1.165) is 6.42 Å². The van der Waals surface area contributed by atoms with Gasteiger partial charge in [-0.2, -0.15) is 0 Å². The fraction of sp³-hybridized carbons (Fsp3) is 0.583. The molecule has 0 aromatic heterocycles. The van der Waals surface area contributed by atoms with Crippen LogP contribution < -0.4 is 0 Å². The average molecular weight is 165 g/mol. The van der Waals surface area contributed by atoms with Gasteiger partial charge in [-0.05, 0) is 17.8 Å². The average Bonchev–Trinajstić information content (AvgIpc) is 1.97. The summed E-state index contributed by atoms with van der Waals surface area (Å²) >= 11 is 0. The summed E-state index contributed by atoms with van der Waals surface area (Å²) in [7, 11) is 0. The first-order chi connectivity index (χ1) is 5.38. The van der Waals surface area contributed by atoms with Gasteiger partial charge in [0.2, 0.25) is 0 Å². The summed E-state index contributed by atoms with van der Waals surface area (Å²) in [6, 6.07) is 0. The maximum Gasteiger partial charge on any atom is -0.00576 e. The van der Waals surface area contributed by atoms with Gasteiger partial charge in [0.25, 0.3) is 0 Å². The van der Waals surface area contributed by atoms with Gasteiger partial charge in [-0.25, -0.2) is 0 Å². The Morgan fingerprint density at radius 3 is 2.08 bits per heavy atom. The summed E-state index contributed by atoms with van der Waals surface area (Å²) in [6.45, 7) is 14.9. The lowest BCUT2D eigenvalue weighted by Gasteiger charge is -2.18. The van der Waals surface area contributed by atoms with E-state index in [4.69, 9.17) is 0 Å². The van der Waals surface area contributed by atoms with E-state index < -0.39 is 0 Å². The van der Waals surface area contributed by atoms with E-state index in [-0.39, 0.29) is 5.41 Å². The normalized spacial score (nSPS) is 12.8. The molecule has 0 saturated heterocycles. The first kappa shape index (κ1) is 11.5. The van der Waals surface area contributed by atoms with Crippen LogP contribution in [-0.4, -0.2) is 0 Å². The zero-order chi connectivity index (χ0) is 9.78. The zero-order valence-corrected chi connectivity index (χ0v) is 9.07. The molecule has 0 heteroatoms. The lowest BCUT2D eigenvalue weighted by atomic mass is 9.87. The predicted molar refractivity (Wildman–Crippen MR) is 56.9 cm³/mol. The third-order valence-electron chi connectivity index (χ3n) is 2.09. The second kappa shape index (κ2) is 4.49. The Morgan fingerprint density at radius 2 is 1.75 bits per heavy atom. The van der Waals surface area contributed by atoms with Gasteiger partial charge < -0.3 is 0 Å². The van der Waals surface area contributed by atoms with Gasteiger partial charge in [0, 0.05) is 0 Å². The smallest absolute Gasteiger partial charge is 0.00576 e. The van der Waals surface area contributed by atoms with E-state index >= 15 is 0 Å². The van der Waals surface area contributed by atoms with Crippen LogP contribution in [0, 0.1) is 11.3 Å². The summed E-state index contributed by atoms with van der Waals surface area (Å²) in [4.78, 5) is 0. The monoisotopic (exact) mass is 165 g/mol. The Labute approximate surface area is 77.4 Å². The van der Waals surface area contributed by atoms with Crippen molar-refractivity contribution >= 4 is 0 Å². The quantitative estimate of drug-likeness (QED) is 0.551. The predicted octanol–water partition coefficient (Wildman–Crippen LogP) is 4.15. The van der Waals surface area contributed by atoms with Crippen molar-refractivity contribution in [1.82, 2.24) is 0 Å². The second-order valence-electron chi connectivity index (χ2n) is 4.31. The first-order valence-corrected chi connectivity index (χ1v) is 4.57. The van der Waals surface area contributed by atoms with E-state index in [1.54, 1.807) is 0 Å².